The smallest absolute Gasteiger partial charge is 0.128 e. The number of rotatable bonds is 3. The Kier molecular flexibility index (Phi) is 3.35. The molecule has 2 rings (SSSR count). The summed E-state index contributed by atoms with van der Waals surface area (Å²) in [5.74, 6) is 0.803. The third-order valence-corrected chi connectivity index (χ3v) is 2.56. The van der Waals surface area contributed by atoms with Crippen molar-refractivity contribution < 1.29 is 4.74 Å². The van der Waals surface area contributed by atoms with Crippen molar-refractivity contribution in [1.82, 2.24) is 9.97 Å². The molecule has 0 saturated carbocycles. The number of hydrogen-bond acceptors (Lipinski definition) is 4. The lowest BCUT2D eigenvalue weighted by atomic mass is 10.1. The van der Waals surface area contributed by atoms with Crippen LogP contribution in [-0.4, -0.2) is 17.1 Å². The van der Waals surface area contributed by atoms with Crippen molar-refractivity contribution in [3.63, 3.8) is 0 Å². The van der Waals surface area contributed by atoms with Crippen LogP contribution in [0.1, 0.15) is 11.3 Å². The molecule has 4 nitrogen and oxygen atoms in total. The van der Waals surface area contributed by atoms with E-state index in [9.17, 15) is 0 Å². The second kappa shape index (κ2) is 4.93. The Morgan fingerprint density at radius 2 is 2.06 bits per heavy atom. The van der Waals surface area contributed by atoms with E-state index in [-0.39, 0.29) is 0 Å². The number of ether oxygens (including phenoxy) is 1. The molecule has 0 bridgehead atoms. The van der Waals surface area contributed by atoms with Crippen LogP contribution in [0.4, 0.5) is 0 Å². The van der Waals surface area contributed by atoms with Gasteiger partial charge >= 0.3 is 0 Å². The molecule has 0 unspecified atom stereocenters. The standard InChI is InChI=1S/C13H15N3O/c1-9-3-4-13(17-2)11(5-9)12-6-10(7-14)15-8-16-12/h3-6,8H,7,14H2,1-2H3. The van der Waals surface area contributed by atoms with Gasteiger partial charge in [0.05, 0.1) is 18.5 Å². The molecule has 0 aliphatic rings. The highest BCUT2D eigenvalue weighted by atomic mass is 16.5. The first-order valence-electron chi connectivity index (χ1n) is 5.40. The van der Waals surface area contributed by atoms with Crippen molar-refractivity contribution >= 4 is 0 Å². The van der Waals surface area contributed by atoms with Crippen molar-refractivity contribution in [2.45, 2.75) is 13.5 Å². The van der Waals surface area contributed by atoms with E-state index in [2.05, 4.69) is 9.97 Å². The predicted molar refractivity (Wildman–Crippen MR) is 66.6 cm³/mol. The van der Waals surface area contributed by atoms with Crippen LogP contribution in [0, 0.1) is 6.92 Å². The van der Waals surface area contributed by atoms with Crippen LogP contribution in [0.25, 0.3) is 11.3 Å². The van der Waals surface area contributed by atoms with E-state index < -0.39 is 0 Å². The first-order valence-corrected chi connectivity index (χ1v) is 5.40. The molecule has 1 heterocycles. The van der Waals surface area contributed by atoms with Crippen molar-refractivity contribution in [3.8, 4) is 17.0 Å². The van der Waals surface area contributed by atoms with E-state index in [1.165, 1.54) is 6.33 Å². The summed E-state index contributed by atoms with van der Waals surface area (Å²) in [7, 11) is 1.65. The van der Waals surface area contributed by atoms with Crippen LogP contribution in [0.15, 0.2) is 30.6 Å². The van der Waals surface area contributed by atoms with Gasteiger partial charge in [0.25, 0.3) is 0 Å². The fourth-order valence-corrected chi connectivity index (χ4v) is 1.68. The molecule has 0 spiro atoms. The molecule has 0 aliphatic carbocycles. The molecule has 4 heteroatoms. The fraction of sp³-hybridized carbons (Fsp3) is 0.231. The summed E-state index contributed by atoms with van der Waals surface area (Å²) in [5.41, 5.74) is 9.35. The zero-order valence-corrected chi connectivity index (χ0v) is 9.97. The van der Waals surface area contributed by atoms with Gasteiger partial charge in [-0.15, -0.1) is 0 Å². The van der Waals surface area contributed by atoms with Gasteiger partial charge in [0.2, 0.25) is 0 Å². The maximum atomic E-state index is 5.58. The van der Waals surface area contributed by atoms with E-state index >= 15 is 0 Å². The third kappa shape index (κ3) is 2.42. The summed E-state index contributed by atoms with van der Waals surface area (Å²) >= 11 is 0. The molecular weight excluding hydrogens is 214 g/mol. The average molecular weight is 229 g/mol. The summed E-state index contributed by atoms with van der Waals surface area (Å²) < 4.78 is 5.34. The second-order valence-corrected chi connectivity index (χ2v) is 3.80. The quantitative estimate of drug-likeness (QED) is 0.873. The van der Waals surface area contributed by atoms with Crippen LogP contribution < -0.4 is 10.5 Å². The molecule has 0 aliphatic heterocycles. The lowest BCUT2D eigenvalue weighted by molar-refractivity contribution is 0.416. The number of aryl methyl sites for hydroxylation is 1. The molecule has 88 valence electrons. The van der Waals surface area contributed by atoms with Gasteiger partial charge in [-0.2, -0.15) is 0 Å². The number of methoxy groups -OCH3 is 1. The van der Waals surface area contributed by atoms with Crippen LogP contribution >= 0.6 is 0 Å². The largest absolute Gasteiger partial charge is 0.496 e. The summed E-state index contributed by atoms with van der Waals surface area (Å²) in [6.07, 6.45) is 1.53. The lowest BCUT2D eigenvalue weighted by Crippen LogP contribution is -2.01. The number of aromatic nitrogens is 2. The van der Waals surface area contributed by atoms with Crippen molar-refractivity contribution in [2.75, 3.05) is 7.11 Å². The maximum Gasteiger partial charge on any atom is 0.128 e. The minimum Gasteiger partial charge on any atom is -0.496 e. The second-order valence-electron chi connectivity index (χ2n) is 3.80. The number of nitrogens with two attached hydrogens (primary N) is 1. The summed E-state index contributed by atoms with van der Waals surface area (Å²) in [6.45, 7) is 2.44. The SMILES string of the molecule is COc1ccc(C)cc1-c1cc(CN)ncn1. The van der Waals surface area contributed by atoms with Crippen LogP contribution in [0.2, 0.25) is 0 Å². The number of nitrogens with zero attached hydrogens (tertiary/aromatic N) is 2. The van der Waals surface area contributed by atoms with Gasteiger partial charge in [-0.3, -0.25) is 0 Å². The average Bonchev–Trinajstić information content (AvgIpc) is 2.39. The fourth-order valence-electron chi connectivity index (χ4n) is 1.68. The van der Waals surface area contributed by atoms with Crippen LogP contribution in [-0.2, 0) is 6.54 Å². The third-order valence-electron chi connectivity index (χ3n) is 2.56. The van der Waals surface area contributed by atoms with Crippen LogP contribution in [0.3, 0.4) is 0 Å². The minimum absolute atomic E-state index is 0.406. The molecule has 17 heavy (non-hydrogen) atoms. The van der Waals surface area contributed by atoms with Gasteiger partial charge in [-0.1, -0.05) is 11.6 Å². The zero-order chi connectivity index (χ0) is 12.3. The lowest BCUT2D eigenvalue weighted by Gasteiger charge is -2.09. The first-order chi connectivity index (χ1) is 8.24. The summed E-state index contributed by atoms with van der Waals surface area (Å²) in [6, 6.07) is 7.88. The zero-order valence-electron chi connectivity index (χ0n) is 9.97. The van der Waals surface area contributed by atoms with E-state index in [1.807, 2.05) is 31.2 Å². The molecule has 1 aromatic heterocycles. The van der Waals surface area contributed by atoms with Gasteiger partial charge in [0, 0.05) is 12.1 Å². The topological polar surface area (TPSA) is 61.0 Å². The Morgan fingerprint density at radius 1 is 1.24 bits per heavy atom. The van der Waals surface area contributed by atoms with Crippen molar-refractivity contribution in [1.29, 1.82) is 0 Å². The van der Waals surface area contributed by atoms with Crippen LogP contribution in [0.5, 0.6) is 5.75 Å². The van der Waals surface area contributed by atoms with E-state index in [4.69, 9.17) is 10.5 Å². The normalized spacial score (nSPS) is 10.3. The Morgan fingerprint density at radius 3 is 2.76 bits per heavy atom. The Bertz CT molecular complexity index is 526. The number of hydrogen-bond donors (Lipinski definition) is 1. The highest BCUT2D eigenvalue weighted by Gasteiger charge is 2.08. The highest BCUT2D eigenvalue weighted by Crippen LogP contribution is 2.29. The number of benzene rings is 1. The molecule has 0 amide bonds. The molecule has 2 aromatic rings. The van der Waals surface area contributed by atoms with Crippen molar-refractivity contribution in [2.24, 2.45) is 5.73 Å². The van der Waals surface area contributed by atoms with E-state index in [0.717, 1.165) is 28.3 Å². The van der Waals surface area contributed by atoms with Gasteiger partial charge in [-0.25, -0.2) is 9.97 Å². The van der Waals surface area contributed by atoms with Gasteiger partial charge < -0.3 is 10.5 Å². The predicted octanol–water partition coefficient (Wildman–Crippen LogP) is 1.92. The monoisotopic (exact) mass is 229 g/mol. The molecule has 1 aromatic carbocycles. The Balaban J connectivity index is 2.54. The Labute approximate surface area is 100 Å². The van der Waals surface area contributed by atoms with Gasteiger partial charge in [0.15, 0.2) is 0 Å². The van der Waals surface area contributed by atoms with E-state index in [1.54, 1.807) is 7.11 Å². The summed E-state index contributed by atoms with van der Waals surface area (Å²) in [4.78, 5) is 8.35. The van der Waals surface area contributed by atoms with Gasteiger partial charge in [-0.05, 0) is 25.1 Å². The molecule has 2 N–H and O–H groups in total. The van der Waals surface area contributed by atoms with Crippen molar-refractivity contribution in [3.05, 3.63) is 41.9 Å². The van der Waals surface area contributed by atoms with E-state index in [0.29, 0.717) is 6.54 Å². The minimum atomic E-state index is 0.406. The molecule has 0 saturated heterocycles. The Hall–Kier alpha value is -1.94. The molecular formula is C13H15N3O. The molecule has 0 fully saturated rings. The molecule has 0 atom stereocenters. The first kappa shape index (κ1) is 11.5. The maximum absolute atomic E-state index is 5.58. The highest BCUT2D eigenvalue weighted by molar-refractivity contribution is 5.68. The van der Waals surface area contributed by atoms with Gasteiger partial charge in [0.1, 0.15) is 12.1 Å². The summed E-state index contributed by atoms with van der Waals surface area (Å²) in [5, 5.41) is 0. The molecule has 0 radical (unpaired) electrons.